The minimum absolute atomic E-state index is 0.176. The van der Waals surface area contributed by atoms with Crippen molar-refractivity contribution in [1.82, 2.24) is 9.62 Å². The summed E-state index contributed by atoms with van der Waals surface area (Å²) in [5, 5.41) is 2.82. The number of hydrogen-bond donors (Lipinski definition) is 1. The van der Waals surface area contributed by atoms with E-state index in [2.05, 4.69) is 12.2 Å². The van der Waals surface area contributed by atoms with Crippen LogP contribution in [0.15, 0.2) is 54.6 Å². The number of benzene rings is 2. The highest BCUT2D eigenvalue weighted by atomic mass is 32.2. The van der Waals surface area contributed by atoms with E-state index in [0.717, 1.165) is 42.4 Å². The van der Waals surface area contributed by atoms with E-state index in [9.17, 15) is 13.2 Å². The normalized spacial score (nSPS) is 11.4. The molecule has 2 aromatic rings. The van der Waals surface area contributed by atoms with Crippen LogP contribution in [0.3, 0.4) is 0 Å². The van der Waals surface area contributed by atoms with Crippen molar-refractivity contribution in [2.45, 2.75) is 32.7 Å². The Kier molecular flexibility index (Phi) is 9.15. The van der Waals surface area contributed by atoms with Crippen LogP contribution in [0.4, 0.5) is 0 Å². The molecule has 0 atom stereocenters. The summed E-state index contributed by atoms with van der Waals surface area (Å²) < 4.78 is 31.0. The van der Waals surface area contributed by atoms with Gasteiger partial charge in [-0.3, -0.25) is 4.79 Å². The van der Waals surface area contributed by atoms with E-state index in [1.165, 1.54) is 4.31 Å². The molecule has 0 aliphatic rings. The van der Waals surface area contributed by atoms with Gasteiger partial charge in [-0.1, -0.05) is 55.5 Å². The molecular formula is C22H30N2O4S. The van der Waals surface area contributed by atoms with Crippen molar-refractivity contribution in [3.63, 3.8) is 0 Å². The van der Waals surface area contributed by atoms with Crippen LogP contribution in [0.1, 0.15) is 30.9 Å². The molecule has 7 heteroatoms. The Morgan fingerprint density at radius 3 is 2.45 bits per heavy atom. The Hall–Kier alpha value is -2.38. The van der Waals surface area contributed by atoms with E-state index in [0.29, 0.717) is 13.2 Å². The third-order valence-corrected chi connectivity index (χ3v) is 5.57. The molecule has 2 rings (SSSR count). The third-order valence-electron chi connectivity index (χ3n) is 4.37. The quantitative estimate of drug-likeness (QED) is 0.538. The second-order valence-corrected chi connectivity index (χ2v) is 8.91. The minimum atomic E-state index is -3.49. The molecule has 0 bridgehead atoms. The van der Waals surface area contributed by atoms with Crippen molar-refractivity contribution < 1.29 is 17.9 Å². The number of nitrogens with zero attached hydrogens (tertiary/aromatic N) is 1. The fourth-order valence-corrected chi connectivity index (χ4v) is 3.60. The van der Waals surface area contributed by atoms with Gasteiger partial charge in [0.25, 0.3) is 0 Å². The average molecular weight is 419 g/mol. The van der Waals surface area contributed by atoms with Gasteiger partial charge in [0.1, 0.15) is 5.75 Å². The Morgan fingerprint density at radius 1 is 1.07 bits per heavy atom. The highest BCUT2D eigenvalue weighted by Gasteiger charge is 2.20. The molecule has 0 radical (unpaired) electrons. The van der Waals surface area contributed by atoms with E-state index in [1.807, 2.05) is 54.6 Å². The van der Waals surface area contributed by atoms with Crippen LogP contribution < -0.4 is 10.1 Å². The zero-order valence-electron chi connectivity index (χ0n) is 17.1. The first-order chi connectivity index (χ1) is 13.9. The molecule has 1 amide bonds. The van der Waals surface area contributed by atoms with Crippen LogP contribution in [-0.2, 0) is 27.8 Å². The van der Waals surface area contributed by atoms with Gasteiger partial charge in [-0.2, -0.15) is 4.31 Å². The van der Waals surface area contributed by atoms with Crippen molar-refractivity contribution in [2.75, 3.05) is 26.0 Å². The predicted octanol–water partition coefficient (Wildman–Crippen LogP) is 2.99. The maximum Gasteiger partial charge on any atom is 0.235 e. The number of nitrogens with one attached hydrogen (secondary N) is 1. The van der Waals surface area contributed by atoms with Gasteiger partial charge in [0, 0.05) is 13.1 Å². The Morgan fingerprint density at radius 2 is 1.76 bits per heavy atom. The molecule has 0 spiro atoms. The second kappa shape index (κ2) is 11.6. The number of carbonyl (C=O) groups excluding carboxylic acids is 1. The zero-order chi connectivity index (χ0) is 21.1. The smallest absolute Gasteiger partial charge is 0.235 e. The molecule has 0 unspecified atom stereocenters. The van der Waals surface area contributed by atoms with Gasteiger partial charge in [0.15, 0.2) is 0 Å². The summed E-state index contributed by atoms with van der Waals surface area (Å²) in [5.74, 6) is 0.577. The minimum Gasteiger partial charge on any atom is -0.493 e. The van der Waals surface area contributed by atoms with E-state index >= 15 is 0 Å². The lowest BCUT2D eigenvalue weighted by Gasteiger charge is -2.19. The lowest BCUT2D eigenvalue weighted by Crippen LogP contribution is -2.40. The lowest BCUT2D eigenvalue weighted by molar-refractivity contribution is -0.121. The molecule has 0 saturated heterocycles. The molecule has 0 saturated carbocycles. The number of amides is 1. The molecule has 0 aliphatic carbocycles. The van der Waals surface area contributed by atoms with Gasteiger partial charge in [0.2, 0.25) is 15.9 Å². The van der Waals surface area contributed by atoms with E-state index in [1.54, 1.807) is 0 Å². The molecule has 0 fully saturated rings. The van der Waals surface area contributed by atoms with Crippen molar-refractivity contribution in [3.8, 4) is 5.75 Å². The second-order valence-electron chi connectivity index (χ2n) is 6.93. The zero-order valence-corrected chi connectivity index (χ0v) is 18.0. The van der Waals surface area contributed by atoms with Crippen molar-refractivity contribution in [3.05, 3.63) is 65.7 Å². The van der Waals surface area contributed by atoms with E-state index in [4.69, 9.17) is 4.74 Å². The highest BCUT2D eigenvalue weighted by molar-refractivity contribution is 7.88. The molecule has 0 aromatic heterocycles. The number of ether oxygens (including phenoxy) is 1. The van der Waals surface area contributed by atoms with Gasteiger partial charge >= 0.3 is 0 Å². The summed E-state index contributed by atoms with van der Waals surface area (Å²) >= 11 is 0. The monoisotopic (exact) mass is 418 g/mol. The van der Waals surface area contributed by atoms with Crippen molar-refractivity contribution in [1.29, 1.82) is 0 Å². The largest absolute Gasteiger partial charge is 0.493 e. The maximum atomic E-state index is 12.3. The SMILES string of the molecule is CCCOc1ccccc1CCCNC(=O)CN(Cc1ccccc1)S(C)(=O)=O. The molecular weight excluding hydrogens is 388 g/mol. The summed E-state index contributed by atoms with van der Waals surface area (Å²) in [6, 6.07) is 17.1. The summed E-state index contributed by atoms with van der Waals surface area (Å²) in [4.78, 5) is 12.3. The topological polar surface area (TPSA) is 75.7 Å². The fraction of sp³-hybridized carbons (Fsp3) is 0.409. The van der Waals surface area contributed by atoms with Gasteiger partial charge in [-0.05, 0) is 36.5 Å². The van der Waals surface area contributed by atoms with Gasteiger partial charge < -0.3 is 10.1 Å². The summed E-state index contributed by atoms with van der Waals surface area (Å²) in [6.45, 7) is 3.20. The molecule has 0 heterocycles. The number of aryl methyl sites for hydroxylation is 1. The molecule has 2 aromatic carbocycles. The van der Waals surface area contributed by atoms with Crippen LogP contribution in [-0.4, -0.2) is 44.6 Å². The van der Waals surface area contributed by atoms with Crippen LogP contribution in [0, 0.1) is 0 Å². The van der Waals surface area contributed by atoms with Gasteiger partial charge in [0.05, 0.1) is 19.4 Å². The predicted molar refractivity (Wildman–Crippen MR) is 115 cm³/mol. The Bertz CT molecular complexity index is 869. The summed E-state index contributed by atoms with van der Waals surface area (Å²) in [7, 11) is -3.49. The molecule has 1 N–H and O–H groups in total. The average Bonchev–Trinajstić information content (AvgIpc) is 2.70. The first-order valence-electron chi connectivity index (χ1n) is 9.86. The van der Waals surface area contributed by atoms with Gasteiger partial charge in [-0.25, -0.2) is 8.42 Å². The fourth-order valence-electron chi connectivity index (χ4n) is 2.86. The van der Waals surface area contributed by atoms with Crippen LogP contribution in [0.2, 0.25) is 0 Å². The maximum absolute atomic E-state index is 12.3. The lowest BCUT2D eigenvalue weighted by atomic mass is 10.1. The molecule has 29 heavy (non-hydrogen) atoms. The summed E-state index contributed by atoms with van der Waals surface area (Å²) in [5.41, 5.74) is 1.95. The summed E-state index contributed by atoms with van der Waals surface area (Å²) in [6.07, 6.45) is 3.59. The first kappa shape index (κ1) is 22.9. The standard InChI is InChI=1S/C22H30N2O4S/c1-3-16-28-21-14-8-7-12-20(21)13-9-15-23-22(25)18-24(29(2,26)27)17-19-10-5-4-6-11-19/h4-8,10-12,14H,3,9,13,15-18H2,1-2H3,(H,23,25). The van der Waals surface area contributed by atoms with Crippen LogP contribution >= 0.6 is 0 Å². The third kappa shape index (κ3) is 8.25. The van der Waals surface area contributed by atoms with Crippen LogP contribution in [0.25, 0.3) is 0 Å². The highest BCUT2D eigenvalue weighted by Crippen LogP contribution is 2.19. The van der Waals surface area contributed by atoms with Crippen molar-refractivity contribution in [2.24, 2.45) is 0 Å². The Labute approximate surface area is 173 Å². The number of carbonyl (C=O) groups is 1. The number of rotatable bonds is 12. The molecule has 6 nitrogen and oxygen atoms in total. The number of hydrogen-bond acceptors (Lipinski definition) is 4. The molecule has 0 aliphatic heterocycles. The van der Waals surface area contributed by atoms with Crippen LogP contribution in [0.5, 0.6) is 5.75 Å². The van der Waals surface area contributed by atoms with E-state index < -0.39 is 10.0 Å². The van der Waals surface area contributed by atoms with Gasteiger partial charge in [-0.15, -0.1) is 0 Å². The first-order valence-corrected chi connectivity index (χ1v) is 11.7. The number of sulfonamides is 1. The van der Waals surface area contributed by atoms with Crippen molar-refractivity contribution >= 4 is 15.9 Å². The van der Waals surface area contributed by atoms with E-state index in [-0.39, 0.29) is 19.0 Å². The molecule has 158 valence electrons. The number of para-hydroxylation sites is 1. The Balaban J connectivity index is 1.82.